The lowest BCUT2D eigenvalue weighted by molar-refractivity contribution is -0.545. The molecule has 1 atom stereocenters. The third-order valence-corrected chi connectivity index (χ3v) is 4.02. The van der Waals surface area contributed by atoms with Gasteiger partial charge in [-0.2, -0.15) is 4.99 Å². The van der Waals surface area contributed by atoms with Gasteiger partial charge in [-0.1, -0.05) is 34.5 Å². The number of benzene rings is 2. The Balaban J connectivity index is 2.13. The van der Waals surface area contributed by atoms with Crippen molar-refractivity contribution in [3.05, 3.63) is 53.1 Å². The number of rotatable bonds is 0. The molecule has 0 bridgehead atoms. The fourth-order valence-electron chi connectivity index (χ4n) is 3.29. The van der Waals surface area contributed by atoms with Crippen molar-refractivity contribution in [3.8, 4) is 11.1 Å². The van der Waals surface area contributed by atoms with Crippen molar-refractivity contribution in [3.63, 3.8) is 0 Å². The van der Waals surface area contributed by atoms with Gasteiger partial charge in [0.25, 0.3) is 0 Å². The first-order valence-electron chi connectivity index (χ1n) is 6.91. The van der Waals surface area contributed by atoms with Crippen LogP contribution in [0.2, 0.25) is 0 Å². The Morgan fingerprint density at radius 3 is 2.65 bits per heavy atom. The van der Waals surface area contributed by atoms with Crippen molar-refractivity contribution >= 4 is 11.5 Å². The molecule has 0 fully saturated rings. The Kier molecular flexibility index (Phi) is 2.22. The number of fused-ring (bicyclic) bond motifs is 6. The second-order valence-electron chi connectivity index (χ2n) is 5.55. The van der Waals surface area contributed by atoms with Crippen LogP contribution in [-0.2, 0) is 0 Å². The van der Waals surface area contributed by atoms with Crippen LogP contribution in [0.3, 0.4) is 0 Å². The van der Waals surface area contributed by atoms with Crippen molar-refractivity contribution in [1.29, 1.82) is 0 Å². The molecule has 0 N–H and O–H groups in total. The average Bonchev–Trinajstić information content (AvgIpc) is 2.80. The maximum atomic E-state index is 4.72. The summed E-state index contributed by atoms with van der Waals surface area (Å²) in [6.45, 7) is 6.28. The lowest BCUT2D eigenvalue weighted by Gasteiger charge is -2.21. The van der Waals surface area contributed by atoms with Crippen LogP contribution in [0, 0.1) is 13.8 Å². The molecule has 2 aliphatic rings. The average molecular weight is 262 g/mol. The highest BCUT2D eigenvalue weighted by Crippen LogP contribution is 2.47. The molecule has 0 saturated heterocycles. The number of nitrogens with zero attached hydrogens (tertiary/aromatic N) is 3. The van der Waals surface area contributed by atoms with Gasteiger partial charge in [0.05, 0.1) is 11.1 Å². The fraction of sp³-hybridized carbons (Fsp3) is 0.235. The van der Waals surface area contributed by atoms with Gasteiger partial charge in [-0.25, -0.2) is 0 Å². The molecule has 0 radical (unpaired) electrons. The lowest BCUT2D eigenvalue weighted by Crippen LogP contribution is -2.16. The minimum absolute atomic E-state index is 0.000463. The molecular weight excluding hydrogens is 246 g/mol. The molecule has 20 heavy (non-hydrogen) atoms. The van der Waals surface area contributed by atoms with Crippen LogP contribution in [0.15, 0.2) is 46.5 Å². The highest BCUT2D eigenvalue weighted by Gasteiger charge is 2.41. The number of hydrogen-bond acceptors (Lipinski definition) is 2. The standard InChI is InChI=1S/C17H16N3/c1-10-8-11(2)16-14(9-10)13-6-4-5-7-15(13)20-17(16)18-12(3)19-20/h4-9,17H,1-3H3/q+1. The second kappa shape index (κ2) is 3.85. The van der Waals surface area contributed by atoms with Crippen LogP contribution in [-0.4, -0.2) is 10.5 Å². The van der Waals surface area contributed by atoms with E-state index in [4.69, 9.17) is 4.99 Å². The Labute approximate surface area is 118 Å². The maximum absolute atomic E-state index is 4.72. The molecule has 3 heteroatoms. The molecule has 0 aromatic heterocycles. The third kappa shape index (κ3) is 1.43. The number of amidine groups is 1. The first kappa shape index (κ1) is 11.5. The number of hydrogen-bond donors (Lipinski definition) is 0. The van der Waals surface area contributed by atoms with E-state index >= 15 is 0 Å². The molecule has 2 aromatic rings. The van der Waals surface area contributed by atoms with E-state index in [1.807, 2.05) is 6.92 Å². The lowest BCUT2D eigenvalue weighted by atomic mass is 9.88. The summed E-state index contributed by atoms with van der Waals surface area (Å²) in [6, 6.07) is 12.9. The zero-order valence-corrected chi connectivity index (χ0v) is 11.9. The molecular formula is C17H16N3+. The van der Waals surface area contributed by atoms with Crippen LogP contribution < -0.4 is 0 Å². The van der Waals surface area contributed by atoms with Gasteiger partial charge in [0, 0.05) is 23.7 Å². The molecule has 0 aliphatic carbocycles. The van der Waals surface area contributed by atoms with Crippen molar-refractivity contribution in [2.45, 2.75) is 26.9 Å². The first-order chi connectivity index (χ1) is 9.65. The third-order valence-electron chi connectivity index (χ3n) is 4.02. The number of aliphatic imine (C=N–C) groups is 1. The summed E-state index contributed by atoms with van der Waals surface area (Å²) in [7, 11) is 0. The molecule has 2 aromatic carbocycles. The van der Waals surface area contributed by atoms with Crippen LogP contribution in [0.1, 0.15) is 29.8 Å². The minimum Gasteiger partial charge on any atom is -0.189 e. The molecule has 0 amide bonds. The first-order valence-corrected chi connectivity index (χ1v) is 6.91. The van der Waals surface area contributed by atoms with Gasteiger partial charge in [0.15, 0.2) is 5.84 Å². The van der Waals surface area contributed by atoms with Crippen molar-refractivity contribution in [2.75, 3.05) is 0 Å². The van der Waals surface area contributed by atoms with Crippen LogP contribution in [0.4, 0.5) is 5.69 Å². The van der Waals surface area contributed by atoms with E-state index in [-0.39, 0.29) is 6.17 Å². The van der Waals surface area contributed by atoms with Crippen molar-refractivity contribution in [1.82, 2.24) is 0 Å². The van der Waals surface area contributed by atoms with E-state index in [0.29, 0.717) is 0 Å². The highest BCUT2D eigenvalue weighted by atomic mass is 15.4. The molecule has 98 valence electrons. The number of aryl methyl sites for hydroxylation is 2. The summed E-state index contributed by atoms with van der Waals surface area (Å²) in [5.74, 6) is 0.845. The van der Waals surface area contributed by atoms with Crippen LogP contribution in [0.5, 0.6) is 0 Å². The summed E-state index contributed by atoms with van der Waals surface area (Å²) in [5.41, 5.74) is 7.57. The summed E-state index contributed by atoms with van der Waals surface area (Å²) in [6.07, 6.45) is 0.000463. The molecule has 3 nitrogen and oxygen atoms in total. The van der Waals surface area contributed by atoms with Gasteiger partial charge in [0.2, 0.25) is 5.69 Å². The van der Waals surface area contributed by atoms with E-state index in [1.54, 1.807) is 0 Å². The van der Waals surface area contributed by atoms with E-state index in [0.717, 1.165) is 11.5 Å². The molecule has 0 saturated carbocycles. The van der Waals surface area contributed by atoms with Gasteiger partial charge < -0.3 is 0 Å². The fourth-order valence-corrected chi connectivity index (χ4v) is 3.29. The van der Waals surface area contributed by atoms with E-state index in [2.05, 4.69) is 60.1 Å². The summed E-state index contributed by atoms with van der Waals surface area (Å²) in [5, 5.41) is 4.60. The number of para-hydroxylation sites is 1. The second-order valence-corrected chi connectivity index (χ2v) is 5.55. The largest absolute Gasteiger partial charge is 0.305 e. The van der Waals surface area contributed by atoms with Crippen LogP contribution in [0.25, 0.3) is 11.1 Å². The molecule has 4 rings (SSSR count). The molecule has 2 heterocycles. The Bertz CT molecular complexity index is 800. The van der Waals surface area contributed by atoms with E-state index in [9.17, 15) is 0 Å². The predicted octanol–water partition coefficient (Wildman–Crippen LogP) is 4.51. The Hall–Kier alpha value is -2.29. The topological polar surface area (TPSA) is 27.7 Å². The van der Waals surface area contributed by atoms with Gasteiger partial charge in [0.1, 0.15) is 0 Å². The summed E-state index contributed by atoms with van der Waals surface area (Å²) >= 11 is 0. The quantitative estimate of drug-likeness (QED) is 0.625. The monoisotopic (exact) mass is 262 g/mol. The SMILES string of the molecule is CC1=NC2c3c(C)cc(C)cc3-c3ccccc3[N+]2=N1. The Morgan fingerprint density at radius 1 is 1.00 bits per heavy atom. The van der Waals surface area contributed by atoms with E-state index < -0.39 is 0 Å². The molecule has 0 spiro atoms. The summed E-state index contributed by atoms with van der Waals surface area (Å²) < 4.78 is 2.05. The van der Waals surface area contributed by atoms with Gasteiger partial charge in [-0.05, 0) is 25.5 Å². The molecule has 1 unspecified atom stereocenters. The summed E-state index contributed by atoms with van der Waals surface area (Å²) in [4.78, 5) is 4.72. The maximum Gasteiger partial charge on any atom is 0.305 e. The normalized spacial score (nSPS) is 18.9. The van der Waals surface area contributed by atoms with Gasteiger partial charge in [-0.3, -0.25) is 0 Å². The zero-order valence-electron chi connectivity index (χ0n) is 11.9. The van der Waals surface area contributed by atoms with Gasteiger partial charge >= 0.3 is 6.17 Å². The predicted molar refractivity (Wildman–Crippen MR) is 79.6 cm³/mol. The minimum atomic E-state index is 0.000463. The smallest absolute Gasteiger partial charge is 0.189 e. The number of azo groups is 2. The van der Waals surface area contributed by atoms with Crippen molar-refractivity contribution in [2.24, 2.45) is 10.1 Å². The highest BCUT2D eigenvalue weighted by molar-refractivity contribution is 5.84. The zero-order chi connectivity index (χ0) is 13.9. The Morgan fingerprint density at radius 2 is 1.80 bits per heavy atom. The molecule has 2 aliphatic heterocycles. The van der Waals surface area contributed by atoms with E-state index in [1.165, 1.54) is 27.8 Å². The van der Waals surface area contributed by atoms with Crippen LogP contribution >= 0.6 is 0 Å². The van der Waals surface area contributed by atoms with Gasteiger partial charge in [-0.15, -0.1) is 0 Å². The van der Waals surface area contributed by atoms with Crippen molar-refractivity contribution < 1.29 is 4.70 Å².